The van der Waals surface area contributed by atoms with Gasteiger partial charge < -0.3 is 19.5 Å². The van der Waals surface area contributed by atoms with Gasteiger partial charge in [0.1, 0.15) is 6.61 Å². The van der Waals surface area contributed by atoms with Crippen LogP contribution in [0, 0.1) is 0 Å². The molecule has 0 heterocycles. The Balaban J connectivity index is 0.00000392. The molecule has 0 aliphatic rings. The maximum atomic E-state index is 5.91. The normalized spacial score (nSPS) is 10.4. The molecule has 0 bridgehead atoms. The summed E-state index contributed by atoms with van der Waals surface area (Å²) in [5.41, 5.74) is 2.23. The van der Waals surface area contributed by atoms with Gasteiger partial charge in [-0.2, -0.15) is 0 Å². The van der Waals surface area contributed by atoms with Gasteiger partial charge in [-0.3, -0.25) is 0 Å². The van der Waals surface area contributed by atoms with Crippen LogP contribution < -0.4 is 14.8 Å². The summed E-state index contributed by atoms with van der Waals surface area (Å²) in [6.07, 6.45) is 3.34. The van der Waals surface area contributed by atoms with Gasteiger partial charge in [-0.1, -0.05) is 43.1 Å². The van der Waals surface area contributed by atoms with Gasteiger partial charge in [0, 0.05) is 24.8 Å². The van der Waals surface area contributed by atoms with Gasteiger partial charge in [0.2, 0.25) is 0 Å². The summed E-state index contributed by atoms with van der Waals surface area (Å²) < 4.78 is 16.9. The first kappa shape index (κ1) is 24.6. The van der Waals surface area contributed by atoms with Crippen LogP contribution in [0.15, 0.2) is 42.5 Å². The van der Waals surface area contributed by atoms with Crippen LogP contribution in [0.4, 0.5) is 0 Å². The average molecular weight is 428 g/mol. The molecule has 0 aliphatic heterocycles. The number of hydrogen-bond acceptors (Lipinski definition) is 4. The lowest BCUT2D eigenvalue weighted by Gasteiger charge is -2.13. The number of methoxy groups -OCH3 is 1. The van der Waals surface area contributed by atoms with Gasteiger partial charge in [0.15, 0.2) is 11.5 Å². The number of hydrogen-bond donors (Lipinski definition) is 1. The van der Waals surface area contributed by atoms with Gasteiger partial charge in [-0.25, -0.2) is 0 Å². The van der Waals surface area contributed by atoms with E-state index in [1.54, 1.807) is 7.11 Å². The fourth-order valence-corrected chi connectivity index (χ4v) is 2.69. The van der Waals surface area contributed by atoms with E-state index >= 15 is 0 Å². The van der Waals surface area contributed by atoms with Crippen molar-refractivity contribution >= 4 is 24.0 Å². The van der Waals surface area contributed by atoms with E-state index in [0.29, 0.717) is 6.61 Å². The smallest absolute Gasteiger partial charge is 0.161 e. The summed E-state index contributed by atoms with van der Waals surface area (Å²) >= 11 is 5.91. The number of halogens is 2. The molecular weight excluding hydrogens is 397 g/mol. The Labute approximate surface area is 179 Å². The van der Waals surface area contributed by atoms with Crippen molar-refractivity contribution in [2.24, 2.45) is 0 Å². The second-order valence-electron chi connectivity index (χ2n) is 6.40. The molecule has 0 saturated heterocycles. The zero-order chi connectivity index (χ0) is 19.3. The van der Waals surface area contributed by atoms with Crippen LogP contribution in [0.2, 0.25) is 5.02 Å². The maximum Gasteiger partial charge on any atom is 0.161 e. The number of rotatable bonds is 13. The van der Waals surface area contributed by atoms with Crippen LogP contribution in [0.3, 0.4) is 0 Å². The van der Waals surface area contributed by atoms with Gasteiger partial charge in [0.05, 0.1) is 7.11 Å². The average Bonchev–Trinajstić information content (AvgIpc) is 2.70. The van der Waals surface area contributed by atoms with Crippen LogP contribution in [0.25, 0.3) is 0 Å². The molecule has 0 saturated carbocycles. The second kappa shape index (κ2) is 14.5. The molecule has 2 aromatic rings. The van der Waals surface area contributed by atoms with E-state index in [1.165, 1.54) is 6.42 Å². The van der Waals surface area contributed by atoms with Crippen LogP contribution in [-0.2, 0) is 17.9 Å². The number of benzene rings is 2. The standard InChI is InChI=1S/C22H30ClNO3.ClH/c1-3-4-13-26-14-5-12-24-16-19-8-11-21(22(15-19)25-2)27-17-18-6-9-20(23)10-7-18;/h6-11,15,24H,3-5,12-14,16-17H2,1-2H3;1H. The Morgan fingerprint density at radius 2 is 1.64 bits per heavy atom. The fraction of sp³-hybridized carbons (Fsp3) is 0.455. The van der Waals surface area contributed by atoms with Gasteiger partial charge in [0.25, 0.3) is 0 Å². The molecule has 0 spiro atoms. The number of nitrogens with one attached hydrogen (secondary N) is 1. The molecule has 0 atom stereocenters. The predicted molar refractivity (Wildman–Crippen MR) is 118 cm³/mol. The van der Waals surface area contributed by atoms with Crippen LogP contribution in [0.1, 0.15) is 37.3 Å². The highest BCUT2D eigenvalue weighted by Gasteiger charge is 2.06. The summed E-state index contributed by atoms with van der Waals surface area (Å²) in [6.45, 7) is 6.06. The zero-order valence-corrected chi connectivity index (χ0v) is 18.3. The van der Waals surface area contributed by atoms with Crippen LogP contribution in [0.5, 0.6) is 11.5 Å². The van der Waals surface area contributed by atoms with Gasteiger partial charge in [-0.05, 0) is 54.8 Å². The Morgan fingerprint density at radius 3 is 2.36 bits per heavy atom. The van der Waals surface area contributed by atoms with Crippen molar-refractivity contribution in [3.63, 3.8) is 0 Å². The molecule has 2 rings (SSSR count). The molecule has 1 N–H and O–H groups in total. The third-order valence-corrected chi connectivity index (χ3v) is 4.40. The molecule has 28 heavy (non-hydrogen) atoms. The van der Waals surface area contributed by atoms with E-state index in [-0.39, 0.29) is 12.4 Å². The van der Waals surface area contributed by atoms with Gasteiger partial charge >= 0.3 is 0 Å². The summed E-state index contributed by atoms with van der Waals surface area (Å²) in [5, 5.41) is 4.16. The van der Waals surface area contributed by atoms with E-state index in [1.807, 2.05) is 36.4 Å². The quantitative estimate of drug-likeness (QED) is 0.419. The van der Waals surface area contributed by atoms with E-state index < -0.39 is 0 Å². The molecule has 156 valence electrons. The highest BCUT2D eigenvalue weighted by molar-refractivity contribution is 6.30. The van der Waals surface area contributed by atoms with Crippen molar-refractivity contribution in [1.82, 2.24) is 5.32 Å². The van der Waals surface area contributed by atoms with Crippen molar-refractivity contribution in [3.8, 4) is 11.5 Å². The third-order valence-electron chi connectivity index (χ3n) is 4.15. The Kier molecular flexibility index (Phi) is 12.8. The van der Waals surface area contributed by atoms with E-state index in [9.17, 15) is 0 Å². The fourth-order valence-electron chi connectivity index (χ4n) is 2.56. The minimum absolute atomic E-state index is 0. The van der Waals surface area contributed by atoms with Gasteiger partial charge in [-0.15, -0.1) is 12.4 Å². The lowest BCUT2D eigenvalue weighted by molar-refractivity contribution is 0.129. The SMILES string of the molecule is CCCCOCCCNCc1ccc(OCc2ccc(Cl)cc2)c(OC)c1.Cl. The highest BCUT2D eigenvalue weighted by Crippen LogP contribution is 2.29. The molecule has 6 heteroatoms. The zero-order valence-electron chi connectivity index (χ0n) is 16.7. The summed E-state index contributed by atoms with van der Waals surface area (Å²) in [7, 11) is 1.66. The molecule has 0 fully saturated rings. The molecule has 0 radical (unpaired) electrons. The molecule has 2 aromatic carbocycles. The van der Waals surface area contributed by atoms with Crippen LogP contribution >= 0.6 is 24.0 Å². The molecule has 4 nitrogen and oxygen atoms in total. The first-order chi connectivity index (χ1) is 13.2. The minimum atomic E-state index is 0. The lowest BCUT2D eigenvalue weighted by atomic mass is 10.2. The molecule has 0 unspecified atom stereocenters. The van der Waals surface area contributed by atoms with Crippen molar-refractivity contribution in [2.75, 3.05) is 26.9 Å². The third kappa shape index (κ3) is 9.16. The second-order valence-corrected chi connectivity index (χ2v) is 6.83. The Morgan fingerprint density at radius 1 is 0.929 bits per heavy atom. The Hall–Kier alpha value is -1.46. The molecular formula is C22H31Cl2NO3. The first-order valence-corrected chi connectivity index (χ1v) is 9.93. The van der Waals surface area contributed by atoms with E-state index in [0.717, 1.165) is 66.8 Å². The van der Waals surface area contributed by atoms with Crippen molar-refractivity contribution in [2.45, 2.75) is 39.3 Å². The van der Waals surface area contributed by atoms with Crippen molar-refractivity contribution in [1.29, 1.82) is 0 Å². The highest BCUT2D eigenvalue weighted by atomic mass is 35.5. The lowest BCUT2D eigenvalue weighted by Crippen LogP contribution is -2.16. The Bertz CT molecular complexity index is 665. The monoisotopic (exact) mass is 427 g/mol. The minimum Gasteiger partial charge on any atom is -0.493 e. The first-order valence-electron chi connectivity index (χ1n) is 9.55. The maximum absolute atomic E-state index is 5.91. The largest absolute Gasteiger partial charge is 0.493 e. The molecule has 0 aliphatic carbocycles. The van der Waals surface area contributed by atoms with Crippen LogP contribution in [-0.4, -0.2) is 26.9 Å². The predicted octanol–water partition coefficient (Wildman–Crippen LogP) is 5.65. The van der Waals surface area contributed by atoms with E-state index in [4.69, 9.17) is 25.8 Å². The number of ether oxygens (including phenoxy) is 3. The summed E-state index contributed by atoms with van der Waals surface area (Å²) in [4.78, 5) is 0. The summed E-state index contributed by atoms with van der Waals surface area (Å²) in [6, 6.07) is 13.7. The van der Waals surface area contributed by atoms with E-state index in [2.05, 4.69) is 18.3 Å². The summed E-state index contributed by atoms with van der Waals surface area (Å²) in [5.74, 6) is 1.48. The van der Waals surface area contributed by atoms with Crippen molar-refractivity contribution < 1.29 is 14.2 Å². The molecule has 0 aromatic heterocycles. The number of unbranched alkanes of at least 4 members (excludes halogenated alkanes) is 1. The van der Waals surface area contributed by atoms with Crippen molar-refractivity contribution in [3.05, 3.63) is 58.6 Å². The molecule has 0 amide bonds. The topological polar surface area (TPSA) is 39.7 Å².